The van der Waals surface area contributed by atoms with Crippen LogP contribution in [-0.4, -0.2) is 60.6 Å². The maximum atomic E-state index is 10.8. The van der Waals surface area contributed by atoms with E-state index in [-0.39, 0.29) is 27.9 Å². The number of hydrogen-bond donors (Lipinski definition) is 1. The van der Waals surface area contributed by atoms with E-state index in [1.807, 2.05) is 13.0 Å². The molecule has 1 saturated heterocycles. The van der Waals surface area contributed by atoms with E-state index in [4.69, 9.17) is 30.8 Å². The summed E-state index contributed by atoms with van der Waals surface area (Å²) in [7, 11) is 2.95. The first-order chi connectivity index (χ1) is 14.0. The van der Waals surface area contributed by atoms with Crippen LogP contribution in [0.1, 0.15) is 5.69 Å². The Balaban J connectivity index is 1.99. The SMILES string of the molecule is COc1cc(OC)c(Cl)c(-c2nc(N3CCOCC3)c3cc(C)ncc3n2)c1O. The van der Waals surface area contributed by atoms with Crippen LogP contribution in [0, 0.1) is 6.92 Å². The molecule has 0 saturated carbocycles. The second-order valence-corrected chi connectivity index (χ2v) is 7.01. The molecule has 1 N–H and O–H groups in total. The Hall–Kier alpha value is -2.84. The highest BCUT2D eigenvalue weighted by molar-refractivity contribution is 6.35. The van der Waals surface area contributed by atoms with Crippen molar-refractivity contribution in [3.63, 3.8) is 0 Å². The molecule has 0 unspecified atom stereocenters. The first-order valence-electron chi connectivity index (χ1n) is 9.14. The van der Waals surface area contributed by atoms with Gasteiger partial charge in [0.05, 0.1) is 49.7 Å². The number of aromatic nitrogens is 3. The fourth-order valence-electron chi connectivity index (χ4n) is 3.36. The Morgan fingerprint density at radius 1 is 1.10 bits per heavy atom. The van der Waals surface area contributed by atoms with Crippen LogP contribution in [0.3, 0.4) is 0 Å². The third kappa shape index (κ3) is 3.49. The number of halogens is 1. The van der Waals surface area contributed by atoms with Crippen molar-refractivity contribution >= 4 is 28.3 Å². The molecule has 2 aromatic heterocycles. The van der Waals surface area contributed by atoms with Crippen molar-refractivity contribution in [3.8, 4) is 28.6 Å². The lowest BCUT2D eigenvalue weighted by Crippen LogP contribution is -2.37. The van der Waals surface area contributed by atoms with Crippen LogP contribution in [0.25, 0.3) is 22.3 Å². The predicted molar refractivity (Wildman–Crippen MR) is 110 cm³/mol. The van der Waals surface area contributed by atoms with Crippen molar-refractivity contribution in [2.45, 2.75) is 6.92 Å². The van der Waals surface area contributed by atoms with Gasteiger partial charge < -0.3 is 24.2 Å². The maximum Gasteiger partial charge on any atom is 0.170 e. The van der Waals surface area contributed by atoms with E-state index >= 15 is 0 Å². The molecule has 4 rings (SSSR count). The molecule has 3 aromatic rings. The van der Waals surface area contributed by atoms with Crippen LogP contribution in [0.5, 0.6) is 17.2 Å². The largest absolute Gasteiger partial charge is 0.504 e. The van der Waals surface area contributed by atoms with Crippen LogP contribution < -0.4 is 14.4 Å². The molecule has 29 heavy (non-hydrogen) atoms. The van der Waals surface area contributed by atoms with Gasteiger partial charge >= 0.3 is 0 Å². The summed E-state index contributed by atoms with van der Waals surface area (Å²) < 4.78 is 16.1. The third-order valence-corrected chi connectivity index (χ3v) is 5.22. The summed E-state index contributed by atoms with van der Waals surface area (Å²) in [5, 5.41) is 11.9. The van der Waals surface area contributed by atoms with Crippen LogP contribution >= 0.6 is 11.6 Å². The summed E-state index contributed by atoms with van der Waals surface area (Å²) in [5.41, 5.74) is 1.77. The van der Waals surface area contributed by atoms with Crippen LogP contribution in [0.15, 0.2) is 18.3 Å². The highest BCUT2D eigenvalue weighted by atomic mass is 35.5. The smallest absolute Gasteiger partial charge is 0.170 e. The summed E-state index contributed by atoms with van der Waals surface area (Å²) in [6.07, 6.45) is 1.70. The van der Waals surface area contributed by atoms with Gasteiger partial charge in [-0.05, 0) is 13.0 Å². The fraction of sp³-hybridized carbons (Fsp3) is 0.350. The molecular weight excluding hydrogens is 396 g/mol. The van der Waals surface area contributed by atoms with E-state index < -0.39 is 0 Å². The zero-order valence-electron chi connectivity index (χ0n) is 16.4. The van der Waals surface area contributed by atoms with Crippen molar-refractivity contribution in [3.05, 3.63) is 29.0 Å². The van der Waals surface area contributed by atoms with Gasteiger partial charge in [-0.2, -0.15) is 0 Å². The highest BCUT2D eigenvalue weighted by Gasteiger charge is 2.24. The number of nitrogens with zero attached hydrogens (tertiary/aromatic N) is 4. The predicted octanol–water partition coefficient (Wildman–Crippen LogP) is 3.21. The number of ether oxygens (including phenoxy) is 3. The highest BCUT2D eigenvalue weighted by Crippen LogP contribution is 2.47. The number of morpholine rings is 1. The summed E-state index contributed by atoms with van der Waals surface area (Å²) in [5.74, 6) is 1.45. The summed E-state index contributed by atoms with van der Waals surface area (Å²) >= 11 is 6.52. The standard InChI is InChI=1S/C20H21ClN4O4/c1-11-8-12-13(10-22-11)23-19(24-20(12)25-4-6-29-7-5-25)16-17(21)14(27-2)9-15(28-3)18(16)26/h8-10,26H,4-7H2,1-3H3. The van der Waals surface area contributed by atoms with Crippen LogP contribution in [-0.2, 0) is 4.74 Å². The Bertz CT molecular complexity index is 1040. The molecule has 8 nitrogen and oxygen atoms in total. The van der Waals surface area contributed by atoms with Gasteiger partial charge in [0.25, 0.3) is 0 Å². The first kappa shape index (κ1) is 19.5. The number of phenols is 1. The number of hydrogen-bond acceptors (Lipinski definition) is 8. The molecule has 1 fully saturated rings. The summed E-state index contributed by atoms with van der Waals surface area (Å²) in [6.45, 7) is 4.56. The molecule has 0 spiro atoms. The Morgan fingerprint density at radius 3 is 2.52 bits per heavy atom. The minimum absolute atomic E-state index is 0.148. The molecule has 1 aromatic carbocycles. The molecule has 0 radical (unpaired) electrons. The van der Waals surface area contributed by atoms with E-state index in [0.29, 0.717) is 37.6 Å². The monoisotopic (exact) mass is 416 g/mol. The maximum absolute atomic E-state index is 10.8. The van der Waals surface area contributed by atoms with Crippen molar-refractivity contribution in [2.75, 3.05) is 45.4 Å². The molecule has 0 atom stereocenters. The number of pyridine rings is 1. The topological polar surface area (TPSA) is 89.8 Å². The first-order valence-corrected chi connectivity index (χ1v) is 9.52. The number of anilines is 1. The van der Waals surface area contributed by atoms with Crippen LogP contribution in [0.4, 0.5) is 5.82 Å². The average molecular weight is 417 g/mol. The lowest BCUT2D eigenvalue weighted by Gasteiger charge is -2.29. The number of methoxy groups -OCH3 is 2. The summed E-state index contributed by atoms with van der Waals surface area (Å²) in [6, 6.07) is 3.48. The van der Waals surface area contributed by atoms with Crippen molar-refractivity contribution in [1.82, 2.24) is 15.0 Å². The van der Waals surface area contributed by atoms with Gasteiger partial charge in [-0.1, -0.05) is 11.6 Å². The number of phenolic OH excluding ortho intramolecular Hbond substituents is 1. The Kier molecular flexibility index (Phi) is 5.29. The normalized spacial score (nSPS) is 14.3. The van der Waals surface area contributed by atoms with Crippen molar-refractivity contribution in [1.29, 1.82) is 0 Å². The van der Waals surface area contributed by atoms with Crippen molar-refractivity contribution < 1.29 is 19.3 Å². The zero-order chi connectivity index (χ0) is 20.5. The minimum Gasteiger partial charge on any atom is -0.504 e. The number of aryl methyl sites for hydroxylation is 1. The van der Waals surface area contributed by atoms with Gasteiger partial charge in [0.1, 0.15) is 11.6 Å². The zero-order valence-corrected chi connectivity index (χ0v) is 17.2. The van der Waals surface area contributed by atoms with Gasteiger partial charge in [0, 0.05) is 30.2 Å². The van der Waals surface area contributed by atoms with Gasteiger partial charge in [0.15, 0.2) is 17.3 Å². The fourth-order valence-corrected chi connectivity index (χ4v) is 3.66. The second kappa shape index (κ2) is 7.88. The number of aromatic hydroxyl groups is 1. The Labute approximate surface area is 173 Å². The molecule has 9 heteroatoms. The van der Waals surface area contributed by atoms with Gasteiger partial charge in [-0.3, -0.25) is 4.98 Å². The van der Waals surface area contributed by atoms with Gasteiger partial charge in [-0.25, -0.2) is 9.97 Å². The lowest BCUT2D eigenvalue weighted by atomic mass is 10.1. The lowest BCUT2D eigenvalue weighted by molar-refractivity contribution is 0.122. The van der Waals surface area contributed by atoms with E-state index in [0.717, 1.165) is 16.9 Å². The van der Waals surface area contributed by atoms with Gasteiger partial charge in [-0.15, -0.1) is 0 Å². The van der Waals surface area contributed by atoms with E-state index in [1.165, 1.54) is 20.3 Å². The van der Waals surface area contributed by atoms with E-state index in [9.17, 15) is 5.11 Å². The second-order valence-electron chi connectivity index (χ2n) is 6.63. The number of benzene rings is 1. The number of rotatable bonds is 4. The number of fused-ring (bicyclic) bond motifs is 1. The Morgan fingerprint density at radius 2 is 1.83 bits per heavy atom. The van der Waals surface area contributed by atoms with Gasteiger partial charge in [0.2, 0.25) is 0 Å². The molecule has 1 aliphatic heterocycles. The third-order valence-electron chi connectivity index (χ3n) is 4.84. The molecule has 1 aliphatic rings. The molecular formula is C20H21ClN4O4. The van der Waals surface area contributed by atoms with Crippen LogP contribution in [0.2, 0.25) is 5.02 Å². The molecule has 3 heterocycles. The summed E-state index contributed by atoms with van der Waals surface area (Å²) in [4.78, 5) is 15.9. The van der Waals surface area contributed by atoms with Crippen molar-refractivity contribution in [2.24, 2.45) is 0 Å². The minimum atomic E-state index is -0.148. The molecule has 152 valence electrons. The quantitative estimate of drug-likeness (QED) is 0.693. The molecule has 0 amide bonds. The molecule has 0 aliphatic carbocycles. The van der Waals surface area contributed by atoms with E-state index in [2.05, 4.69) is 14.9 Å². The molecule has 0 bridgehead atoms. The van der Waals surface area contributed by atoms with E-state index in [1.54, 1.807) is 6.20 Å². The average Bonchev–Trinajstić information content (AvgIpc) is 2.74.